The molecule has 1 heterocycles. The zero-order chi connectivity index (χ0) is 12.9. The molecule has 0 atom stereocenters. The van der Waals surface area contributed by atoms with Crippen LogP contribution < -0.4 is 5.32 Å². The van der Waals surface area contributed by atoms with E-state index in [0.29, 0.717) is 19.4 Å². The van der Waals surface area contributed by atoms with Crippen LogP contribution in [0.1, 0.15) is 37.9 Å². The lowest BCUT2D eigenvalue weighted by Crippen LogP contribution is -2.50. The Morgan fingerprint density at radius 2 is 2.06 bits per heavy atom. The van der Waals surface area contributed by atoms with E-state index in [-0.39, 0.29) is 0 Å². The number of pyridine rings is 1. The second kappa shape index (κ2) is 5.77. The maximum absolute atomic E-state index is 11.3. The van der Waals surface area contributed by atoms with Crippen molar-refractivity contribution in [1.29, 1.82) is 0 Å². The van der Waals surface area contributed by atoms with Crippen LogP contribution in [-0.4, -0.2) is 21.6 Å². The number of aliphatic carboxylic acids is 1. The molecule has 4 nitrogen and oxygen atoms in total. The van der Waals surface area contributed by atoms with Crippen LogP contribution in [0.3, 0.4) is 0 Å². The minimum absolute atomic E-state index is 0.529. The van der Waals surface area contributed by atoms with Crippen molar-refractivity contribution in [3.8, 4) is 0 Å². The molecule has 0 aromatic carbocycles. The Morgan fingerprint density at radius 3 is 2.47 bits per heavy atom. The third-order valence-electron chi connectivity index (χ3n) is 3.22. The molecule has 0 radical (unpaired) electrons. The maximum Gasteiger partial charge on any atom is 0.323 e. The van der Waals surface area contributed by atoms with E-state index in [9.17, 15) is 9.90 Å². The summed E-state index contributed by atoms with van der Waals surface area (Å²) in [5.74, 6) is -0.789. The van der Waals surface area contributed by atoms with Crippen molar-refractivity contribution in [1.82, 2.24) is 10.3 Å². The number of carboxylic acid groups (broad SMARTS) is 1. The highest BCUT2D eigenvalue weighted by Gasteiger charge is 2.33. The van der Waals surface area contributed by atoms with E-state index in [0.717, 1.165) is 11.3 Å². The number of aryl methyl sites for hydroxylation is 1. The molecule has 1 aromatic rings. The number of nitrogens with one attached hydrogen (secondary N) is 1. The van der Waals surface area contributed by atoms with E-state index < -0.39 is 11.5 Å². The molecule has 0 aliphatic heterocycles. The summed E-state index contributed by atoms with van der Waals surface area (Å²) >= 11 is 0. The van der Waals surface area contributed by atoms with Crippen molar-refractivity contribution < 1.29 is 9.90 Å². The highest BCUT2D eigenvalue weighted by atomic mass is 16.4. The van der Waals surface area contributed by atoms with Gasteiger partial charge in [0, 0.05) is 18.4 Å². The lowest BCUT2D eigenvalue weighted by atomic mass is 9.92. The Balaban J connectivity index is 2.70. The molecular formula is C13H20N2O2. The quantitative estimate of drug-likeness (QED) is 0.794. The lowest BCUT2D eigenvalue weighted by Gasteiger charge is -2.28. The lowest BCUT2D eigenvalue weighted by molar-refractivity contribution is -0.145. The average Bonchev–Trinajstić information content (AvgIpc) is 2.33. The van der Waals surface area contributed by atoms with Gasteiger partial charge in [-0.1, -0.05) is 19.9 Å². The Labute approximate surface area is 102 Å². The Morgan fingerprint density at radius 1 is 1.41 bits per heavy atom. The molecule has 94 valence electrons. The maximum atomic E-state index is 11.3. The van der Waals surface area contributed by atoms with E-state index in [1.165, 1.54) is 0 Å². The summed E-state index contributed by atoms with van der Waals surface area (Å²) < 4.78 is 0. The molecule has 0 fully saturated rings. The van der Waals surface area contributed by atoms with Crippen molar-refractivity contribution in [2.24, 2.45) is 0 Å². The standard InChI is InChI=1S/C13H20N2O2/c1-4-13(5-2,12(16)17)15-9-11-7-6-10(3)14-8-11/h6-8,15H,4-5,9H2,1-3H3,(H,16,17). The van der Waals surface area contributed by atoms with E-state index >= 15 is 0 Å². The number of hydrogen-bond donors (Lipinski definition) is 2. The van der Waals surface area contributed by atoms with Crippen LogP contribution in [0, 0.1) is 6.92 Å². The van der Waals surface area contributed by atoms with Gasteiger partial charge in [-0.15, -0.1) is 0 Å². The molecule has 1 rings (SSSR count). The van der Waals surface area contributed by atoms with Gasteiger partial charge in [0.25, 0.3) is 0 Å². The normalized spacial score (nSPS) is 11.5. The second-order valence-corrected chi connectivity index (χ2v) is 4.26. The van der Waals surface area contributed by atoms with Gasteiger partial charge < -0.3 is 5.11 Å². The summed E-state index contributed by atoms with van der Waals surface area (Å²) in [6.07, 6.45) is 2.91. The Hall–Kier alpha value is -1.42. The smallest absolute Gasteiger partial charge is 0.323 e. The molecule has 0 bridgehead atoms. The number of aromatic nitrogens is 1. The van der Waals surface area contributed by atoms with Gasteiger partial charge in [-0.2, -0.15) is 0 Å². The summed E-state index contributed by atoms with van der Waals surface area (Å²) in [7, 11) is 0. The fraction of sp³-hybridized carbons (Fsp3) is 0.538. The van der Waals surface area contributed by atoms with Crippen LogP contribution in [0.15, 0.2) is 18.3 Å². The van der Waals surface area contributed by atoms with Crippen molar-refractivity contribution in [3.05, 3.63) is 29.6 Å². The summed E-state index contributed by atoms with van der Waals surface area (Å²) in [4.78, 5) is 15.5. The first-order valence-electron chi connectivity index (χ1n) is 5.94. The zero-order valence-electron chi connectivity index (χ0n) is 10.7. The molecule has 4 heteroatoms. The van der Waals surface area contributed by atoms with Crippen LogP contribution in [0.2, 0.25) is 0 Å². The van der Waals surface area contributed by atoms with E-state index in [1.807, 2.05) is 32.9 Å². The van der Waals surface area contributed by atoms with E-state index in [1.54, 1.807) is 6.20 Å². The second-order valence-electron chi connectivity index (χ2n) is 4.26. The van der Waals surface area contributed by atoms with E-state index in [4.69, 9.17) is 0 Å². The monoisotopic (exact) mass is 236 g/mol. The fourth-order valence-corrected chi connectivity index (χ4v) is 1.75. The predicted molar refractivity (Wildman–Crippen MR) is 66.8 cm³/mol. The Bertz CT molecular complexity index is 370. The summed E-state index contributed by atoms with van der Waals surface area (Å²) in [5, 5.41) is 12.4. The number of carbonyl (C=O) groups is 1. The van der Waals surface area contributed by atoms with Gasteiger partial charge in [0.15, 0.2) is 0 Å². The van der Waals surface area contributed by atoms with Gasteiger partial charge in [-0.25, -0.2) is 0 Å². The van der Waals surface area contributed by atoms with Crippen LogP contribution >= 0.6 is 0 Å². The topological polar surface area (TPSA) is 62.2 Å². The third kappa shape index (κ3) is 3.27. The zero-order valence-corrected chi connectivity index (χ0v) is 10.7. The van der Waals surface area contributed by atoms with E-state index in [2.05, 4.69) is 10.3 Å². The molecule has 0 saturated heterocycles. The summed E-state index contributed by atoms with van der Waals surface area (Å²) in [5.41, 5.74) is 1.14. The fourth-order valence-electron chi connectivity index (χ4n) is 1.75. The molecule has 0 aliphatic carbocycles. The van der Waals surface area contributed by atoms with Crippen molar-refractivity contribution in [3.63, 3.8) is 0 Å². The van der Waals surface area contributed by atoms with Crippen molar-refractivity contribution in [2.45, 2.75) is 45.7 Å². The van der Waals surface area contributed by atoms with Gasteiger partial charge in [0.1, 0.15) is 5.54 Å². The van der Waals surface area contributed by atoms with Crippen LogP contribution in [0.5, 0.6) is 0 Å². The third-order valence-corrected chi connectivity index (χ3v) is 3.22. The number of nitrogens with zero attached hydrogens (tertiary/aromatic N) is 1. The molecular weight excluding hydrogens is 216 g/mol. The first kappa shape index (κ1) is 13.6. The van der Waals surface area contributed by atoms with Gasteiger partial charge in [-0.3, -0.25) is 15.1 Å². The number of carboxylic acids is 1. The first-order valence-corrected chi connectivity index (χ1v) is 5.94. The summed E-state index contributed by atoms with van der Waals surface area (Å²) in [6, 6.07) is 3.89. The van der Waals surface area contributed by atoms with Crippen LogP contribution in [-0.2, 0) is 11.3 Å². The van der Waals surface area contributed by atoms with Crippen molar-refractivity contribution in [2.75, 3.05) is 0 Å². The molecule has 0 aliphatic rings. The SMILES string of the molecule is CCC(CC)(NCc1ccc(C)nc1)C(=O)O. The number of rotatable bonds is 6. The Kier molecular flexibility index (Phi) is 4.63. The van der Waals surface area contributed by atoms with Crippen LogP contribution in [0.4, 0.5) is 0 Å². The molecule has 0 spiro atoms. The molecule has 0 saturated carbocycles. The average molecular weight is 236 g/mol. The summed E-state index contributed by atoms with van der Waals surface area (Å²) in [6.45, 7) is 6.23. The van der Waals surface area contributed by atoms with Gasteiger partial charge in [-0.05, 0) is 31.4 Å². The van der Waals surface area contributed by atoms with Gasteiger partial charge >= 0.3 is 5.97 Å². The molecule has 2 N–H and O–H groups in total. The number of hydrogen-bond acceptors (Lipinski definition) is 3. The van der Waals surface area contributed by atoms with Crippen LogP contribution in [0.25, 0.3) is 0 Å². The highest BCUT2D eigenvalue weighted by molar-refractivity contribution is 5.78. The molecule has 17 heavy (non-hydrogen) atoms. The molecule has 1 aromatic heterocycles. The predicted octanol–water partition coefficient (Wildman–Crippen LogP) is 2.12. The highest BCUT2D eigenvalue weighted by Crippen LogP contribution is 2.16. The van der Waals surface area contributed by atoms with Gasteiger partial charge in [0.05, 0.1) is 0 Å². The first-order chi connectivity index (χ1) is 8.04. The largest absolute Gasteiger partial charge is 0.480 e. The minimum Gasteiger partial charge on any atom is -0.480 e. The molecule has 0 unspecified atom stereocenters. The minimum atomic E-state index is -0.828. The van der Waals surface area contributed by atoms with Gasteiger partial charge in [0.2, 0.25) is 0 Å². The molecule has 0 amide bonds. The van der Waals surface area contributed by atoms with Crippen molar-refractivity contribution >= 4 is 5.97 Å².